The van der Waals surface area contributed by atoms with E-state index in [0.29, 0.717) is 42.8 Å². The predicted molar refractivity (Wildman–Crippen MR) is 110 cm³/mol. The Morgan fingerprint density at radius 3 is 2.62 bits per heavy atom. The van der Waals surface area contributed by atoms with Crippen LogP contribution in [0.3, 0.4) is 0 Å². The first kappa shape index (κ1) is 20.4. The maximum atomic E-state index is 12.7. The van der Waals surface area contributed by atoms with Crippen molar-refractivity contribution in [3.05, 3.63) is 59.2 Å². The van der Waals surface area contributed by atoms with Gasteiger partial charge in [-0.05, 0) is 55.2 Å². The van der Waals surface area contributed by atoms with Gasteiger partial charge in [0.1, 0.15) is 0 Å². The molecule has 1 heterocycles. The number of hydrogen-bond acceptors (Lipinski definition) is 5. The minimum atomic E-state index is -0.178. The van der Waals surface area contributed by atoms with Crippen molar-refractivity contribution in [3.8, 4) is 11.5 Å². The number of hydrogen-bond donors (Lipinski definition) is 2. The van der Waals surface area contributed by atoms with Gasteiger partial charge in [0.15, 0.2) is 11.5 Å². The first-order valence-corrected chi connectivity index (χ1v) is 9.54. The van der Waals surface area contributed by atoms with Gasteiger partial charge >= 0.3 is 0 Å². The number of benzene rings is 2. The van der Waals surface area contributed by atoms with E-state index in [1.807, 2.05) is 31.2 Å². The number of carbonyl (C=O) groups is 2. The SMILES string of the molecule is COc1cc(/C=N\NC(=O)C2CCN(C(=O)c3ccccc3C)CC2)ccc1O. The second kappa shape index (κ2) is 9.23. The zero-order valence-electron chi connectivity index (χ0n) is 16.6. The predicted octanol–water partition coefficient (Wildman–Crippen LogP) is 2.71. The van der Waals surface area contributed by atoms with Crippen LogP contribution in [0, 0.1) is 12.8 Å². The Kier molecular flexibility index (Phi) is 6.49. The maximum absolute atomic E-state index is 12.7. The normalized spacial score (nSPS) is 14.8. The second-order valence-corrected chi connectivity index (χ2v) is 7.05. The summed E-state index contributed by atoms with van der Waals surface area (Å²) in [6, 6.07) is 12.3. The highest BCUT2D eigenvalue weighted by Crippen LogP contribution is 2.25. The summed E-state index contributed by atoms with van der Waals surface area (Å²) in [5, 5.41) is 13.6. The van der Waals surface area contributed by atoms with Crippen molar-refractivity contribution in [2.24, 2.45) is 11.0 Å². The first-order chi connectivity index (χ1) is 14.0. The standard InChI is InChI=1S/C22H25N3O4/c1-15-5-3-4-6-18(15)22(28)25-11-9-17(10-12-25)21(27)24-23-14-16-7-8-19(26)20(13-16)29-2/h3-8,13-14,17,26H,9-12H2,1-2H3,(H,24,27)/b23-14-. The largest absolute Gasteiger partial charge is 0.504 e. The van der Waals surface area contributed by atoms with Crippen LogP contribution in [0.5, 0.6) is 11.5 Å². The van der Waals surface area contributed by atoms with E-state index in [9.17, 15) is 14.7 Å². The van der Waals surface area contributed by atoms with Gasteiger partial charge in [-0.2, -0.15) is 5.10 Å². The topological polar surface area (TPSA) is 91.2 Å². The lowest BCUT2D eigenvalue weighted by Gasteiger charge is -2.31. The Hall–Kier alpha value is -3.35. The molecule has 152 valence electrons. The number of likely N-dealkylation sites (tertiary alicyclic amines) is 1. The van der Waals surface area contributed by atoms with Crippen molar-refractivity contribution in [1.29, 1.82) is 0 Å². The lowest BCUT2D eigenvalue weighted by molar-refractivity contribution is -0.126. The molecule has 2 N–H and O–H groups in total. The molecule has 0 aliphatic carbocycles. The fourth-order valence-corrected chi connectivity index (χ4v) is 3.36. The Bertz CT molecular complexity index is 918. The number of carbonyl (C=O) groups excluding carboxylic acids is 2. The number of nitrogens with zero attached hydrogens (tertiary/aromatic N) is 2. The van der Waals surface area contributed by atoms with Gasteiger partial charge in [-0.1, -0.05) is 18.2 Å². The van der Waals surface area contributed by atoms with E-state index < -0.39 is 0 Å². The van der Waals surface area contributed by atoms with Gasteiger partial charge in [0.05, 0.1) is 13.3 Å². The number of phenolic OH excluding ortho intramolecular Hbond substituents is 1. The molecule has 1 aliphatic heterocycles. The molecule has 1 fully saturated rings. The number of hydrazone groups is 1. The molecule has 1 saturated heterocycles. The molecule has 0 atom stereocenters. The van der Waals surface area contributed by atoms with E-state index in [1.165, 1.54) is 19.4 Å². The molecular formula is C22H25N3O4. The monoisotopic (exact) mass is 395 g/mol. The number of piperidine rings is 1. The average Bonchev–Trinajstić information content (AvgIpc) is 2.75. The summed E-state index contributed by atoms with van der Waals surface area (Å²) in [6.07, 6.45) is 2.70. The van der Waals surface area contributed by atoms with E-state index in [1.54, 1.807) is 17.0 Å². The molecule has 0 saturated carbocycles. The molecule has 1 aliphatic rings. The van der Waals surface area contributed by atoms with Gasteiger partial charge in [0.25, 0.3) is 5.91 Å². The minimum Gasteiger partial charge on any atom is -0.504 e. The fraction of sp³-hybridized carbons (Fsp3) is 0.318. The summed E-state index contributed by atoms with van der Waals surface area (Å²) in [5.41, 5.74) is 4.92. The molecule has 2 amide bonds. The van der Waals surface area contributed by atoms with E-state index in [2.05, 4.69) is 10.5 Å². The maximum Gasteiger partial charge on any atom is 0.254 e. The van der Waals surface area contributed by atoms with Crippen molar-refractivity contribution in [2.75, 3.05) is 20.2 Å². The molecule has 0 unspecified atom stereocenters. The van der Waals surface area contributed by atoms with Crippen LogP contribution in [0.15, 0.2) is 47.6 Å². The summed E-state index contributed by atoms with van der Waals surface area (Å²) >= 11 is 0. The third kappa shape index (κ3) is 4.93. The molecule has 0 spiro atoms. The Balaban J connectivity index is 1.51. The number of nitrogens with one attached hydrogen (secondary N) is 1. The highest BCUT2D eigenvalue weighted by atomic mass is 16.5. The summed E-state index contributed by atoms with van der Waals surface area (Å²) in [6.45, 7) is 3.02. The zero-order valence-corrected chi connectivity index (χ0v) is 16.6. The summed E-state index contributed by atoms with van der Waals surface area (Å²) in [7, 11) is 1.47. The van der Waals surface area contributed by atoms with Gasteiger partial charge in [-0.3, -0.25) is 9.59 Å². The lowest BCUT2D eigenvalue weighted by atomic mass is 9.95. The number of methoxy groups -OCH3 is 1. The molecule has 7 nitrogen and oxygen atoms in total. The van der Waals surface area contributed by atoms with Crippen LogP contribution in [-0.4, -0.2) is 48.2 Å². The van der Waals surface area contributed by atoms with Gasteiger partial charge in [0, 0.05) is 24.6 Å². The van der Waals surface area contributed by atoms with E-state index in [4.69, 9.17) is 4.74 Å². The molecule has 2 aromatic rings. The number of rotatable bonds is 5. The molecule has 29 heavy (non-hydrogen) atoms. The number of aryl methyl sites for hydroxylation is 1. The van der Waals surface area contributed by atoms with Crippen LogP contribution in [0.1, 0.15) is 34.3 Å². The Morgan fingerprint density at radius 2 is 1.93 bits per heavy atom. The Morgan fingerprint density at radius 1 is 1.21 bits per heavy atom. The van der Waals surface area contributed by atoms with Crippen molar-refractivity contribution < 1.29 is 19.4 Å². The van der Waals surface area contributed by atoms with Gasteiger partial charge in [-0.25, -0.2) is 5.43 Å². The van der Waals surface area contributed by atoms with Crippen LogP contribution in [0.4, 0.5) is 0 Å². The molecule has 3 rings (SSSR count). The van der Waals surface area contributed by atoms with Crippen LogP contribution in [0.2, 0.25) is 0 Å². The first-order valence-electron chi connectivity index (χ1n) is 9.54. The number of ether oxygens (including phenoxy) is 1. The average molecular weight is 395 g/mol. The van der Waals surface area contributed by atoms with Crippen molar-refractivity contribution in [1.82, 2.24) is 10.3 Å². The van der Waals surface area contributed by atoms with Crippen molar-refractivity contribution in [2.45, 2.75) is 19.8 Å². The van der Waals surface area contributed by atoms with Crippen LogP contribution < -0.4 is 10.2 Å². The van der Waals surface area contributed by atoms with Crippen LogP contribution >= 0.6 is 0 Å². The zero-order chi connectivity index (χ0) is 20.8. The van der Waals surface area contributed by atoms with E-state index in [0.717, 1.165) is 5.56 Å². The number of aromatic hydroxyl groups is 1. The van der Waals surface area contributed by atoms with E-state index in [-0.39, 0.29) is 23.5 Å². The van der Waals surface area contributed by atoms with E-state index >= 15 is 0 Å². The summed E-state index contributed by atoms with van der Waals surface area (Å²) in [4.78, 5) is 26.9. The second-order valence-electron chi connectivity index (χ2n) is 7.05. The summed E-state index contributed by atoms with van der Waals surface area (Å²) in [5.74, 6) is 0.0605. The van der Waals surface area contributed by atoms with Crippen molar-refractivity contribution >= 4 is 18.0 Å². The third-order valence-electron chi connectivity index (χ3n) is 5.12. The highest BCUT2D eigenvalue weighted by molar-refractivity contribution is 5.95. The third-order valence-corrected chi connectivity index (χ3v) is 5.12. The molecule has 0 radical (unpaired) electrons. The van der Waals surface area contributed by atoms with Gasteiger partial charge < -0.3 is 14.7 Å². The molecule has 7 heteroatoms. The van der Waals surface area contributed by atoms with Crippen LogP contribution in [0.25, 0.3) is 0 Å². The molecular weight excluding hydrogens is 370 g/mol. The molecule has 0 aromatic heterocycles. The summed E-state index contributed by atoms with van der Waals surface area (Å²) < 4.78 is 5.05. The fourth-order valence-electron chi connectivity index (χ4n) is 3.36. The quantitative estimate of drug-likeness (QED) is 0.602. The van der Waals surface area contributed by atoms with Crippen molar-refractivity contribution in [3.63, 3.8) is 0 Å². The minimum absolute atomic E-state index is 0.0151. The Labute approximate surface area is 170 Å². The number of amides is 2. The highest BCUT2D eigenvalue weighted by Gasteiger charge is 2.28. The van der Waals surface area contributed by atoms with Gasteiger partial charge in [-0.15, -0.1) is 0 Å². The lowest BCUT2D eigenvalue weighted by Crippen LogP contribution is -2.42. The molecule has 0 bridgehead atoms. The van der Waals surface area contributed by atoms with Gasteiger partial charge in [0.2, 0.25) is 5.91 Å². The number of phenols is 1. The molecule has 2 aromatic carbocycles. The van der Waals surface area contributed by atoms with Crippen LogP contribution in [-0.2, 0) is 4.79 Å². The smallest absolute Gasteiger partial charge is 0.254 e.